The van der Waals surface area contributed by atoms with E-state index in [2.05, 4.69) is 4.98 Å². The minimum Gasteiger partial charge on any atom is -0.228 e. The Bertz CT molecular complexity index is 896. The van der Waals surface area contributed by atoms with E-state index >= 15 is 0 Å². The van der Waals surface area contributed by atoms with Crippen LogP contribution in [0.2, 0.25) is 20.1 Å². The first-order valence-electron chi connectivity index (χ1n) is 6.52. The Balaban J connectivity index is 2.31. The SMILES string of the molecule is Fc1cc(-c2cc(Cl)ccc2Cl)c(-c2cc(Cl)ccc2Cl)cn1. The molecule has 0 saturated heterocycles. The Labute approximate surface area is 152 Å². The Morgan fingerprint density at radius 2 is 1.17 bits per heavy atom. The van der Waals surface area contributed by atoms with E-state index in [0.29, 0.717) is 42.3 Å². The van der Waals surface area contributed by atoms with Crippen LogP contribution in [0.3, 0.4) is 0 Å². The molecule has 0 unspecified atom stereocenters. The van der Waals surface area contributed by atoms with E-state index in [1.165, 1.54) is 12.3 Å². The molecule has 0 aliphatic carbocycles. The van der Waals surface area contributed by atoms with Crippen LogP contribution in [-0.4, -0.2) is 4.98 Å². The zero-order valence-corrected chi connectivity index (χ0v) is 14.5. The molecule has 1 heterocycles. The normalized spacial score (nSPS) is 10.8. The van der Waals surface area contributed by atoms with Crippen LogP contribution in [0.15, 0.2) is 48.7 Å². The van der Waals surface area contributed by atoms with Gasteiger partial charge in [0.2, 0.25) is 5.95 Å². The number of hydrogen-bond donors (Lipinski definition) is 0. The van der Waals surface area contributed by atoms with Gasteiger partial charge in [-0.2, -0.15) is 4.39 Å². The highest BCUT2D eigenvalue weighted by Crippen LogP contribution is 2.40. The summed E-state index contributed by atoms with van der Waals surface area (Å²) in [5.41, 5.74) is 2.38. The maximum absolute atomic E-state index is 13.7. The van der Waals surface area contributed by atoms with E-state index in [0.717, 1.165) is 0 Å². The van der Waals surface area contributed by atoms with Crippen LogP contribution in [0, 0.1) is 5.95 Å². The molecule has 2 aromatic carbocycles. The molecule has 0 atom stereocenters. The number of benzene rings is 2. The van der Waals surface area contributed by atoms with Gasteiger partial charge in [-0.1, -0.05) is 46.4 Å². The second-order valence-electron chi connectivity index (χ2n) is 4.80. The van der Waals surface area contributed by atoms with Gasteiger partial charge < -0.3 is 0 Å². The van der Waals surface area contributed by atoms with Crippen LogP contribution < -0.4 is 0 Å². The van der Waals surface area contributed by atoms with Gasteiger partial charge in [0.1, 0.15) is 0 Å². The Morgan fingerprint density at radius 1 is 0.652 bits per heavy atom. The summed E-state index contributed by atoms with van der Waals surface area (Å²) in [6, 6.07) is 11.3. The molecule has 116 valence electrons. The van der Waals surface area contributed by atoms with Crippen molar-refractivity contribution in [1.82, 2.24) is 4.98 Å². The summed E-state index contributed by atoms with van der Waals surface area (Å²) in [5.74, 6) is -0.627. The highest BCUT2D eigenvalue weighted by atomic mass is 35.5. The lowest BCUT2D eigenvalue weighted by molar-refractivity contribution is 0.584. The maximum atomic E-state index is 13.7. The molecule has 3 rings (SSSR count). The molecule has 1 nitrogen and oxygen atoms in total. The summed E-state index contributed by atoms with van der Waals surface area (Å²) in [4.78, 5) is 3.72. The molecule has 0 saturated carbocycles. The van der Waals surface area contributed by atoms with E-state index in [1.54, 1.807) is 36.4 Å². The van der Waals surface area contributed by atoms with Crippen LogP contribution in [0.4, 0.5) is 4.39 Å². The van der Waals surface area contributed by atoms with Crippen LogP contribution in [-0.2, 0) is 0 Å². The van der Waals surface area contributed by atoms with E-state index < -0.39 is 5.95 Å². The van der Waals surface area contributed by atoms with Gasteiger partial charge in [0.25, 0.3) is 0 Å². The molecule has 23 heavy (non-hydrogen) atoms. The molecule has 0 bridgehead atoms. The van der Waals surface area contributed by atoms with Crippen LogP contribution in [0.25, 0.3) is 22.3 Å². The largest absolute Gasteiger partial charge is 0.228 e. The van der Waals surface area contributed by atoms with Crippen molar-refractivity contribution in [3.05, 3.63) is 74.7 Å². The van der Waals surface area contributed by atoms with Gasteiger partial charge in [0.15, 0.2) is 0 Å². The number of halogens is 5. The van der Waals surface area contributed by atoms with E-state index in [9.17, 15) is 4.39 Å². The standard InChI is InChI=1S/C17H8Cl4FN/c18-9-1-3-15(20)12(5-9)11-7-17(22)23-8-14(11)13-6-10(19)2-4-16(13)21/h1-8H. The Hall–Kier alpha value is -1.32. The molecule has 6 heteroatoms. The first-order valence-corrected chi connectivity index (χ1v) is 8.03. The third-order valence-corrected chi connectivity index (χ3v) is 4.44. The van der Waals surface area contributed by atoms with Gasteiger partial charge in [0.05, 0.1) is 0 Å². The molecule has 0 aliphatic heterocycles. The van der Waals surface area contributed by atoms with Gasteiger partial charge in [-0.05, 0) is 42.0 Å². The summed E-state index contributed by atoms with van der Waals surface area (Å²) in [5, 5.41) is 1.92. The van der Waals surface area contributed by atoms with E-state index in [4.69, 9.17) is 46.4 Å². The van der Waals surface area contributed by atoms with Crippen molar-refractivity contribution < 1.29 is 4.39 Å². The lowest BCUT2D eigenvalue weighted by atomic mass is 9.96. The third kappa shape index (κ3) is 3.46. The zero-order chi connectivity index (χ0) is 16.6. The monoisotopic (exact) mass is 385 g/mol. The predicted molar refractivity (Wildman–Crippen MR) is 95.1 cm³/mol. The van der Waals surface area contributed by atoms with Crippen LogP contribution in [0.1, 0.15) is 0 Å². The molecule has 0 N–H and O–H groups in total. The fraction of sp³-hybridized carbons (Fsp3) is 0. The first kappa shape index (κ1) is 16.5. The molecule has 1 aromatic heterocycles. The van der Waals surface area contributed by atoms with Gasteiger partial charge in [-0.15, -0.1) is 0 Å². The lowest BCUT2D eigenvalue weighted by Crippen LogP contribution is -1.92. The fourth-order valence-corrected chi connectivity index (χ4v) is 3.06. The van der Waals surface area contributed by atoms with E-state index in [1.807, 2.05) is 0 Å². The lowest BCUT2D eigenvalue weighted by Gasteiger charge is -2.13. The minimum absolute atomic E-state index is 0.444. The highest BCUT2D eigenvalue weighted by molar-refractivity contribution is 6.36. The van der Waals surface area contributed by atoms with Gasteiger partial charge in [0, 0.05) is 49.0 Å². The first-order chi connectivity index (χ1) is 11.0. The number of aromatic nitrogens is 1. The predicted octanol–water partition coefficient (Wildman–Crippen LogP) is 7.17. The topological polar surface area (TPSA) is 12.9 Å². The molecule has 0 amide bonds. The molecular weight excluding hydrogens is 379 g/mol. The smallest absolute Gasteiger partial charge is 0.213 e. The summed E-state index contributed by atoms with van der Waals surface area (Å²) < 4.78 is 13.7. The number of hydrogen-bond acceptors (Lipinski definition) is 1. The van der Waals surface area contributed by atoms with Crippen molar-refractivity contribution >= 4 is 46.4 Å². The average molecular weight is 387 g/mol. The summed E-state index contributed by atoms with van der Waals surface area (Å²) in [7, 11) is 0. The van der Waals surface area contributed by atoms with Crippen molar-refractivity contribution in [1.29, 1.82) is 0 Å². The summed E-state index contributed by atoms with van der Waals surface area (Å²) in [6.07, 6.45) is 1.40. The molecule has 0 aliphatic rings. The highest BCUT2D eigenvalue weighted by Gasteiger charge is 2.15. The second kappa shape index (κ2) is 6.66. The van der Waals surface area contributed by atoms with Crippen molar-refractivity contribution in [2.75, 3.05) is 0 Å². The average Bonchev–Trinajstić information content (AvgIpc) is 2.52. The van der Waals surface area contributed by atoms with Crippen molar-refractivity contribution in [3.8, 4) is 22.3 Å². The van der Waals surface area contributed by atoms with Crippen LogP contribution in [0.5, 0.6) is 0 Å². The third-order valence-electron chi connectivity index (χ3n) is 3.31. The summed E-state index contributed by atoms with van der Waals surface area (Å²) >= 11 is 24.6. The van der Waals surface area contributed by atoms with Gasteiger partial charge in [-0.3, -0.25) is 0 Å². The van der Waals surface area contributed by atoms with Crippen molar-refractivity contribution in [2.45, 2.75) is 0 Å². The number of nitrogens with zero attached hydrogens (tertiary/aromatic N) is 1. The fourth-order valence-electron chi connectivity index (χ4n) is 2.28. The molecule has 0 radical (unpaired) electrons. The van der Waals surface area contributed by atoms with E-state index in [-0.39, 0.29) is 0 Å². The van der Waals surface area contributed by atoms with Crippen LogP contribution >= 0.6 is 46.4 Å². The quantitative estimate of drug-likeness (QED) is 0.425. The van der Waals surface area contributed by atoms with Crippen molar-refractivity contribution in [3.63, 3.8) is 0 Å². The number of pyridine rings is 1. The number of rotatable bonds is 2. The second-order valence-corrected chi connectivity index (χ2v) is 6.49. The molecule has 0 spiro atoms. The molecule has 0 fully saturated rings. The molecule has 3 aromatic rings. The minimum atomic E-state index is -0.627. The Kier molecular flexibility index (Phi) is 4.79. The maximum Gasteiger partial charge on any atom is 0.213 e. The zero-order valence-electron chi connectivity index (χ0n) is 11.5. The Morgan fingerprint density at radius 3 is 1.74 bits per heavy atom. The van der Waals surface area contributed by atoms with Gasteiger partial charge >= 0.3 is 0 Å². The molecular formula is C17H8Cl4FN. The summed E-state index contributed by atoms with van der Waals surface area (Å²) in [6.45, 7) is 0. The van der Waals surface area contributed by atoms with Crippen molar-refractivity contribution in [2.24, 2.45) is 0 Å². The van der Waals surface area contributed by atoms with Gasteiger partial charge in [-0.25, -0.2) is 4.98 Å².